The molecule has 2 amide bonds. The van der Waals surface area contributed by atoms with Gasteiger partial charge in [-0.3, -0.25) is 14.5 Å². The lowest BCUT2D eigenvalue weighted by atomic mass is 10.0. The Morgan fingerprint density at radius 1 is 1.03 bits per heavy atom. The van der Waals surface area contributed by atoms with E-state index in [1.165, 1.54) is 0 Å². The topological polar surface area (TPSA) is 88.8 Å². The number of primary amides is 1. The van der Waals surface area contributed by atoms with Gasteiger partial charge in [0, 0.05) is 75.1 Å². The molecule has 2 aliphatic rings. The Balaban J connectivity index is 1.37. The normalized spacial score (nSPS) is 15.1. The molecular weight excluding hydrogens is 440 g/mol. The fourth-order valence-electron chi connectivity index (χ4n) is 5.03. The number of nitrogens with zero attached hydrogens (tertiary/aromatic N) is 3. The molecule has 2 N–H and O–H groups in total. The first-order valence-corrected chi connectivity index (χ1v) is 12.1. The second-order valence-electron chi connectivity index (χ2n) is 9.14. The van der Waals surface area contributed by atoms with Gasteiger partial charge in [-0.25, -0.2) is 4.98 Å². The predicted molar refractivity (Wildman–Crippen MR) is 135 cm³/mol. The van der Waals surface area contributed by atoms with Crippen molar-refractivity contribution in [3.05, 3.63) is 76.9 Å². The Morgan fingerprint density at radius 2 is 1.80 bits per heavy atom. The number of carbonyl (C=O) groups is 2. The van der Waals surface area contributed by atoms with Crippen LogP contribution < -0.4 is 5.73 Å². The molecule has 1 aliphatic heterocycles. The molecule has 0 saturated carbocycles. The molecule has 0 atom stereocenters. The fraction of sp³-hybridized carbons (Fsp3) is 0.321. The second-order valence-corrected chi connectivity index (χ2v) is 9.14. The predicted octanol–water partition coefficient (Wildman–Crippen LogP) is 3.21. The summed E-state index contributed by atoms with van der Waals surface area (Å²) in [7, 11) is 1.72. The highest BCUT2D eigenvalue weighted by molar-refractivity contribution is 6.00. The van der Waals surface area contributed by atoms with Crippen LogP contribution >= 0.6 is 0 Å². The fourth-order valence-corrected chi connectivity index (χ4v) is 5.03. The molecule has 2 heterocycles. The number of hydrogen-bond acceptors (Lipinski definition) is 5. The molecule has 0 bridgehead atoms. The molecule has 1 fully saturated rings. The Bertz CT molecular complexity index is 1250. The number of pyridine rings is 1. The maximum absolute atomic E-state index is 13.3. The molecule has 35 heavy (non-hydrogen) atoms. The number of fused-ring (bicyclic) bond motifs is 3. The number of aromatic nitrogens is 1. The van der Waals surface area contributed by atoms with Crippen molar-refractivity contribution in [2.24, 2.45) is 5.73 Å². The summed E-state index contributed by atoms with van der Waals surface area (Å²) in [6, 6.07) is 17.3. The van der Waals surface area contributed by atoms with E-state index < -0.39 is 5.91 Å². The Labute approximate surface area is 205 Å². The Morgan fingerprint density at radius 3 is 2.51 bits per heavy atom. The van der Waals surface area contributed by atoms with Crippen LogP contribution in [0, 0.1) is 0 Å². The van der Waals surface area contributed by atoms with Crippen LogP contribution in [0.15, 0.2) is 54.6 Å². The van der Waals surface area contributed by atoms with Crippen LogP contribution in [0.2, 0.25) is 0 Å². The van der Waals surface area contributed by atoms with Gasteiger partial charge >= 0.3 is 0 Å². The second kappa shape index (κ2) is 9.98. The molecular formula is C28H30N4O3. The molecule has 0 unspecified atom stereocenters. The van der Waals surface area contributed by atoms with E-state index in [0.717, 1.165) is 79.4 Å². The monoisotopic (exact) mass is 470 g/mol. The largest absolute Gasteiger partial charge is 0.385 e. The van der Waals surface area contributed by atoms with Gasteiger partial charge in [-0.15, -0.1) is 0 Å². The lowest BCUT2D eigenvalue weighted by Gasteiger charge is -2.34. The van der Waals surface area contributed by atoms with Crippen LogP contribution in [-0.2, 0) is 11.2 Å². The minimum atomic E-state index is -0.465. The summed E-state index contributed by atoms with van der Waals surface area (Å²) >= 11 is 0. The van der Waals surface area contributed by atoms with Gasteiger partial charge < -0.3 is 15.4 Å². The number of rotatable bonds is 7. The standard InChI is InChI=1S/C28H30N4O3/c1-35-15-5-10-31-11-13-32(14-12-31)28(34)20-8-9-22-21(16-20)17-23-24(27(29)33)18-25(30-26(22)23)19-6-3-2-4-7-19/h2-4,6-9,16,18H,5,10-15,17H2,1H3,(H2,29,33). The smallest absolute Gasteiger partial charge is 0.253 e. The van der Waals surface area contributed by atoms with Crippen molar-refractivity contribution < 1.29 is 14.3 Å². The van der Waals surface area contributed by atoms with E-state index in [-0.39, 0.29) is 5.91 Å². The van der Waals surface area contributed by atoms with Crippen LogP contribution in [0.4, 0.5) is 0 Å². The quantitative estimate of drug-likeness (QED) is 0.419. The Kier molecular flexibility index (Phi) is 6.61. The van der Waals surface area contributed by atoms with Crippen LogP contribution in [0.5, 0.6) is 0 Å². The van der Waals surface area contributed by atoms with Crippen molar-refractivity contribution in [2.75, 3.05) is 46.4 Å². The molecule has 1 aliphatic carbocycles. The molecule has 1 aromatic heterocycles. The third-order valence-corrected chi connectivity index (χ3v) is 6.92. The highest BCUT2D eigenvalue weighted by atomic mass is 16.5. The van der Waals surface area contributed by atoms with E-state index in [9.17, 15) is 9.59 Å². The minimum absolute atomic E-state index is 0.0494. The van der Waals surface area contributed by atoms with Gasteiger partial charge in [0.1, 0.15) is 0 Å². The zero-order valence-electron chi connectivity index (χ0n) is 20.0. The number of amides is 2. The summed E-state index contributed by atoms with van der Waals surface area (Å²) in [5, 5.41) is 0. The summed E-state index contributed by atoms with van der Waals surface area (Å²) in [6.45, 7) is 4.94. The average Bonchev–Trinajstić information content (AvgIpc) is 3.26. The molecule has 7 nitrogen and oxygen atoms in total. The number of hydrogen-bond donors (Lipinski definition) is 1. The highest BCUT2D eigenvalue weighted by Gasteiger charge is 2.28. The van der Waals surface area contributed by atoms with Gasteiger partial charge in [0.2, 0.25) is 5.91 Å². The summed E-state index contributed by atoms with van der Waals surface area (Å²) in [6.07, 6.45) is 1.54. The number of methoxy groups -OCH3 is 1. The first-order valence-electron chi connectivity index (χ1n) is 12.1. The molecule has 5 rings (SSSR count). The summed E-state index contributed by atoms with van der Waals surface area (Å²) < 4.78 is 5.14. The summed E-state index contributed by atoms with van der Waals surface area (Å²) in [5.41, 5.74) is 12.1. The molecule has 180 valence electrons. The van der Waals surface area contributed by atoms with Gasteiger partial charge in [-0.2, -0.15) is 0 Å². The number of nitrogens with two attached hydrogens (primary N) is 1. The molecule has 0 radical (unpaired) electrons. The molecule has 0 spiro atoms. The first-order chi connectivity index (χ1) is 17.0. The molecule has 1 saturated heterocycles. The van der Waals surface area contributed by atoms with Crippen molar-refractivity contribution in [2.45, 2.75) is 12.8 Å². The van der Waals surface area contributed by atoms with Crippen LogP contribution in [0.1, 0.15) is 38.3 Å². The third kappa shape index (κ3) is 4.70. The number of carbonyl (C=O) groups excluding carboxylic acids is 2. The van der Waals surface area contributed by atoms with E-state index in [2.05, 4.69) is 4.90 Å². The summed E-state index contributed by atoms with van der Waals surface area (Å²) in [5.74, 6) is -0.415. The van der Waals surface area contributed by atoms with E-state index in [0.29, 0.717) is 17.5 Å². The van der Waals surface area contributed by atoms with Crippen molar-refractivity contribution in [3.8, 4) is 22.5 Å². The van der Waals surface area contributed by atoms with Gasteiger partial charge in [0.05, 0.1) is 11.4 Å². The van der Waals surface area contributed by atoms with E-state index in [1.54, 1.807) is 13.2 Å². The van der Waals surface area contributed by atoms with Crippen molar-refractivity contribution in [3.63, 3.8) is 0 Å². The lowest BCUT2D eigenvalue weighted by molar-refractivity contribution is 0.0624. The maximum Gasteiger partial charge on any atom is 0.253 e. The van der Waals surface area contributed by atoms with Crippen molar-refractivity contribution in [1.82, 2.24) is 14.8 Å². The average molecular weight is 471 g/mol. The molecule has 3 aromatic rings. The first kappa shape index (κ1) is 23.2. The van der Waals surface area contributed by atoms with Gasteiger partial charge in [-0.05, 0) is 35.7 Å². The van der Waals surface area contributed by atoms with Crippen molar-refractivity contribution >= 4 is 11.8 Å². The van der Waals surface area contributed by atoms with Gasteiger partial charge in [0.25, 0.3) is 5.91 Å². The minimum Gasteiger partial charge on any atom is -0.385 e. The van der Waals surface area contributed by atoms with Crippen LogP contribution in [0.25, 0.3) is 22.5 Å². The van der Waals surface area contributed by atoms with E-state index in [4.69, 9.17) is 15.5 Å². The number of benzene rings is 2. The van der Waals surface area contributed by atoms with Crippen LogP contribution in [-0.4, -0.2) is 73.0 Å². The lowest BCUT2D eigenvalue weighted by Crippen LogP contribution is -2.49. The van der Waals surface area contributed by atoms with Crippen LogP contribution in [0.3, 0.4) is 0 Å². The summed E-state index contributed by atoms with van der Waals surface area (Å²) in [4.78, 5) is 34.8. The van der Waals surface area contributed by atoms with Crippen molar-refractivity contribution in [1.29, 1.82) is 0 Å². The van der Waals surface area contributed by atoms with Gasteiger partial charge in [-0.1, -0.05) is 36.4 Å². The number of piperazine rings is 1. The van der Waals surface area contributed by atoms with Gasteiger partial charge in [0.15, 0.2) is 0 Å². The van der Waals surface area contributed by atoms with E-state index >= 15 is 0 Å². The van der Waals surface area contributed by atoms with E-state index in [1.807, 2.05) is 53.4 Å². The number of ether oxygens (including phenoxy) is 1. The Hall–Kier alpha value is -3.55. The highest BCUT2D eigenvalue weighted by Crippen LogP contribution is 2.39. The maximum atomic E-state index is 13.3. The SMILES string of the molecule is COCCCN1CCN(C(=O)c2ccc3c(c2)Cc2c(C(N)=O)cc(-c4ccccc4)nc2-3)CC1. The zero-order chi connectivity index (χ0) is 24.4. The molecule has 7 heteroatoms. The zero-order valence-corrected chi connectivity index (χ0v) is 20.0. The third-order valence-electron chi connectivity index (χ3n) is 6.92. The molecule has 2 aromatic carbocycles.